The van der Waals surface area contributed by atoms with Crippen molar-refractivity contribution in [3.8, 4) is 16.9 Å². The first-order valence-corrected chi connectivity index (χ1v) is 11.2. The fraction of sp³-hybridized carbons (Fsp3) is 0.259. The second kappa shape index (κ2) is 10.7. The highest BCUT2D eigenvalue weighted by molar-refractivity contribution is 5.78. The molecule has 3 amide bonds. The van der Waals surface area contributed by atoms with Gasteiger partial charge in [-0.25, -0.2) is 4.79 Å². The zero-order valence-electron chi connectivity index (χ0n) is 18.8. The zero-order chi connectivity index (χ0) is 23.0. The van der Waals surface area contributed by atoms with E-state index in [1.54, 1.807) is 11.9 Å². The number of amides is 3. The minimum absolute atomic E-state index is 0.0938. The molecule has 0 spiro atoms. The van der Waals surface area contributed by atoms with E-state index in [2.05, 4.69) is 34.9 Å². The van der Waals surface area contributed by atoms with Crippen molar-refractivity contribution in [1.82, 2.24) is 15.5 Å². The van der Waals surface area contributed by atoms with Crippen molar-refractivity contribution in [3.05, 3.63) is 89.5 Å². The lowest BCUT2D eigenvalue weighted by atomic mass is 10.0. The van der Waals surface area contributed by atoms with E-state index < -0.39 is 0 Å². The SMILES string of the molecule is CN(Cc1ccccc1)C(=O)NCCC(=O)NCc1ccc(-c2ccc3c(c2)CCO3)cc1. The van der Waals surface area contributed by atoms with Gasteiger partial charge in [-0.1, -0.05) is 60.7 Å². The smallest absolute Gasteiger partial charge is 0.317 e. The highest BCUT2D eigenvalue weighted by atomic mass is 16.5. The Hall–Kier alpha value is -3.80. The number of carbonyl (C=O) groups excluding carboxylic acids is 2. The Balaban J connectivity index is 1.18. The molecule has 0 unspecified atom stereocenters. The van der Waals surface area contributed by atoms with Gasteiger partial charge in [0.2, 0.25) is 5.91 Å². The summed E-state index contributed by atoms with van der Waals surface area (Å²) in [4.78, 5) is 26.0. The summed E-state index contributed by atoms with van der Waals surface area (Å²) >= 11 is 0. The molecule has 0 saturated carbocycles. The Morgan fingerprint density at radius 3 is 2.45 bits per heavy atom. The van der Waals surface area contributed by atoms with Crippen LogP contribution in [0.2, 0.25) is 0 Å². The normalized spacial score (nSPS) is 11.9. The standard InChI is InChI=1S/C27H29N3O3/c1-30(19-21-5-3-2-4-6-21)27(32)28-15-13-26(31)29-18-20-7-9-22(10-8-20)23-11-12-25-24(17-23)14-16-33-25/h2-12,17H,13-16,18-19H2,1H3,(H,28,32)(H,29,31). The molecule has 3 aromatic carbocycles. The van der Waals surface area contributed by atoms with Gasteiger partial charge < -0.3 is 20.3 Å². The summed E-state index contributed by atoms with van der Waals surface area (Å²) in [6.07, 6.45) is 1.19. The maximum absolute atomic E-state index is 12.2. The molecule has 0 bridgehead atoms. The van der Waals surface area contributed by atoms with Crippen LogP contribution in [0.25, 0.3) is 11.1 Å². The molecule has 33 heavy (non-hydrogen) atoms. The molecule has 3 aromatic rings. The van der Waals surface area contributed by atoms with Gasteiger partial charge in [0.05, 0.1) is 6.61 Å². The average molecular weight is 444 g/mol. The Morgan fingerprint density at radius 1 is 0.909 bits per heavy atom. The summed E-state index contributed by atoms with van der Waals surface area (Å²) in [5.74, 6) is 0.890. The van der Waals surface area contributed by atoms with Crippen molar-refractivity contribution in [2.75, 3.05) is 20.2 Å². The monoisotopic (exact) mass is 443 g/mol. The molecule has 0 aliphatic carbocycles. The van der Waals surface area contributed by atoms with E-state index in [9.17, 15) is 9.59 Å². The van der Waals surface area contributed by atoms with E-state index in [1.807, 2.05) is 48.5 Å². The van der Waals surface area contributed by atoms with Gasteiger partial charge in [-0.05, 0) is 39.9 Å². The van der Waals surface area contributed by atoms with Crippen LogP contribution in [0, 0.1) is 0 Å². The molecule has 6 nitrogen and oxygen atoms in total. The molecule has 0 fully saturated rings. The molecule has 0 radical (unpaired) electrons. The number of nitrogens with zero attached hydrogens (tertiary/aromatic N) is 1. The van der Waals surface area contributed by atoms with Gasteiger partial charge in [0.1, 0.15) is 5.75 Å². The maximum atomic E-state index is 12.2. The van der Waals surface area contributed by atoms with Gasteiger partial charge in [0, 0.05) is 39.5 Å². The minimum Gasteiger partial charge on any atom is -0.493 e. The maximum Gasteiger partial charge on any atom is 0.317 e. The van der Waals surface area contributed by atoms with Crippen molar-refractivity contribution in [1.29, 1.82) is 0 Å². The van der Waals surface area contributed by atoms with Gasteiger partial charge in [-0.15, -0.1) is 0 Å². The Labute approximate surface area is 194 Å². The predicted octanol–water partition coefficient (Wildman–Crippen LogP) is 4.14. The number of hydrogen-bond acceptors (Lipinski definition) is 3. The van der Waals surface area contributed by atoms with Gasteiger partial charge in [0.25, 0.3) is 0 Å². The summed E-state index contributed by atoms with van der Waals surface area (Å²) < 4.78 is 5.57. The number of rotatable bonds is 8. The summed E-state index contributed by atoms with van der Waals surface area (Å²) in [5, 5.41) is 5.71. The van der Waals surface area contributed by atoms with Crippen molar-refractivity contribution in [2.24, 2.45) is 0 Å². The number of urea groups is 1. The average Bonchev–Trinajstić information content (AvgIpc) is 3.31. The second-order valence-electron chi connectivity index (χ2n) is 8.22. The van der Waals surface area contributed by atoms with Crippen LogP contribution >= 0.6 is 0 Å². The third-order valence-corrected chi connectivity index (χ3v) is 5.70. The summed E-state index contributed by atoms with van der Waals surface area (Å²) in [7, 11) is 1.74. The lowest BCUT2D eigenvalue weighted by molar-refractivity contribution is -0.121. The number of fused-ring (bicyclic) bond motifs is 1. The molecular formula is C27H29N3O3. The second-order valence-corrected chi connectivity index (χ2v) is 8.22. The van der Waals surface area contributed by atoms with Crippen LogP contribution in [0.4, 0.5) is 4.79 Å². The molecule has 1 aliphatic rings. The van der Waals surface area contributed by atoms with Crippen molar-refractivity contribution in [3.63, 3.8) is 0 Å². The molecule has 1 aliphatic heterocycles. The van der Waals surface area contributed by atoms with Crippen molar-refractivity contribution < 1.29 is 14.3 Å². The number of ether oxygens (including phenoxy) is 1. The van der Waals surface area contributed by atoms with E-state index >= 15 is 0 Å². The number of carbonyl (C=O) groups is 2. The molecule has 2 N–H and O–H groups in total. The summed E-state index contributed by atoms with van der Waals surface area (Å²) in [6, 6.07) is 24.1. The predicted molar refractivity (Wildman–Crippen MR) is 129 cm³/mol. The fourth-order valence-corrected chi connectivity index (χ4v) is 3.82. The van der Waals surface area contributed by atoms with Crippen LogP contribution in [-0.2, 0) is 24.3 Å². The lowest BCUT2D eigenvalue weighted by Crippen LogP contribution is -2.38. The van der Waals surface area contributed by atoms with Gasteiger partial charge in [-0.2, -0.15) is 0 Å². The third-order valence-electron chi connectivity index (χ3n) is 5.70. The molecule has 170 valence electrons. The molecular weight excluding hydrogens is 414 g/mol. The zero-order valence-corrected chi connectivity index (χ0v) is 18.8. The van der Waals surface area contributed by atoms with Crippen LogP contribution in [0.1, 0.15) is 23.1 Å². The number of hydrogen-bond donors (Lipinski definition) is 2. The number of nitrogens with one attached hydrogen (secondary N) is 2. The molecule has 4 rings (SSSR count). The van der Waals surface area contributed by atoms with Crippen molar-refractivity contribution >= 4 is 11.9 Å². The first-order valence-electron chi connectivity index (χ1n) is 11.2. The van der Waals surface area contributed by atoms with E-state index in [1.165, 1.54) is 11.1 Å². The third kappa shape index (κ3) is 6.13. The van der Waals surface area contributed by atoms with Crippen LogP contribution in [0.5, 0.6) is 5.75 Å². The molecule has 0 aromatic heterocycles. The number of benzene rings is 3. The largest absolute Gasteiger partial charge is 0.493 e. The quantitative estimate of drug-likeness (QED) is 0.550. The first kappa shape index (κ1) is 22.4. The molecule has 0 saturated heterocycles. The summed E-state index contributed by atoms with van der Waals surface area (Å²) in [6.45, 7) is 2.03. The Morgan fingerprint density at radius 2 is 1.67 bits per heavy atom. The highest BCUT2D eigenvalue weighted by Gasteiger charge is 2.13. The lowest BCUT2D eigenvalue weighted by Gasteiger charge is -2.18. The van der Waals surface area contributed by atoms with Crippen LogP contribution in [0.3, 0.4) is 0 Å². The van der Waals surface area contributed by atoms with E-state index in [0.717, 1.165) is 35.5 Å². The molecule has 6 heteroatoms. The molecule has 1 heterocycles. The van der Waals surface area contributed by atoms with Crippen LogP contribution in [0.15, 0.2) is 72.8 Å². The van der Waals surface area contributed by atoms with Gasteiger partial charge in [-0.3, -0.25) is 4.79 Å². The topological polar surface area (TPSA) is 70.7 Å². The first-order chi connectivity index (χ1) is 16.1. The van der Waals surface area contributed by atoms with E-state index in [-0.39, 0.29) is 18.4 Å². The fourth-order valence-electron chi connectivity index (χ4n) is 3.82. The van der Waals surface area contributed by atoms with Crippen LogP contribution < -0.4 is 15.4 Å². The van der Waals surface area contributed by atoms with Crippen molar-refractivity contribution in [2.45, 2.75) is 25.9 Å². The summed E-state index contributed by atoms with van der Waals surface area (Å²) in [5.41, 5.74) is 5.65. The molecule has 0 atom stereocenters. The van der Waals surface area contributed by atoms with Crippen LogP contribution in [-0.4, -0.2) is 37.0 Å². The highest BCUT2D eigenvalue weighted by Crippen LogP contribution is 2.30. The Kier molecular flexibility index (Phi) is 7.25. The van der Waals surface area contributed by atoms with Gasteiger partial charge >= 0.3 is 6.03 Å². The van der Waals surface area contributed by atoms with E-state index in [0.29, 0.717) is 19.6 Å². The minimum atomic E-state index is -0.194. The van der Waals surface area contributed by atoms with E-state index in [4.69, 9.17) is 4.74 Å². The van der Waals surface area contributed by atoms with Gasteiger partial charge in [0.15, 0.2) is 0 Å². The Bertz CT molecular complexity index is 1100.